The summed E-state index contributed by atoms with van der Waals surface area (Å²) in [5.74, 6) is 1.64. The van der Waals surface area contributed by atoms with Gasteiger partial charge in [-0.15, -0.1) is 0 Å². The second-order valence-electron chi connectivity index (χ2n) is 4.05. The lowest BCUT2D eigenvalue weighted by atomic mass is 10.2. The van der Waals surface area contributed by atoms with Gasteiger partial charge in [-0.2, -0.15) is 4.98 Å². The summed E-state index contributed by atoms with van der Waals surface area (Å²) in [4.78, 5) is 8.29. The van der Waals surface area contributed by atoms with E-state index >= 15 is 0 Å². The summed E-state index contributed by atoms with van der Waals surface area (Å²) in [7, 11) is 0. The van der Waals surface area contributed by atoms with Gasteiger partial charge in [0.15, 0.2) is 5.82 Å². The lowest BCUT2D eigenvalue weighted by Gasteiger charge is -2.10. The van der Waals surface area contributed by atoms with Gasteiger partial charge < -0.3 is 20.3 Å². The molecule has 2 aromatic rings. The Balaban J connectivity index is 2.22. The first-order valence-corrected chi connectivity index (χ1v) is 6.30. The van der Waals surface area contributed by atoms with Crippen LogP contribution >= 0.6 is 0 Å². The summed E-state index contributed by atoms with van der Waals surface area (Å²) in [6.45, 7) is 2.63. The molecule has 0 saturated heterocycles. The quantitative estimate of drug-likeness (QED) is 0.836. The average Bonchev–Trinajstić information content (AvgIpc) is 2.45. The number of hydrogen-bond donors (Lipinski definition) is 2. The minimum Gasteiger partial charge on any atom is -0.438 e. The van der Waals surface area contributed by atoms with E-state index in [2.05, 4.69) is 9.97 Å². The largest absolute Gasteiger partial charge is 0.438 e. The Bertz CT molecular complexity index is 575. The van der Waals surface area contributed by atoms with Crippen molar-refractivity contribution in [2.24, 2.45) is 0 Å². The van der Waals surface area contributed by atoms with E-state index in [-0.39, 0.29) is 13.2 Å². The third-order valence-corrected chi connectivity index (χ3v) is 2.56. The molecule has 20 heavy (non-hydrogen) atoms. The number of rotatable bonds is 6. The first-order chi connectivity index (χ1) is 9.72. The number of aliphatic hydroxyl groups is 1. The molecule has 0 aliphatic heterocycles. The molecule has 1 aromatic carbocycles. The first kappa shape index (κ1) is 14.2. The molecule has 6 heteroatoms. The predicted octanol–water partition coefficient (Wildman–Crippen LogP) is 1.88. The summed E-state index contributed by atoms with van der Waals surface area (Å²) >= 11 is 0. The van der Waals surface area contributed by atoms with Crippen molar-refractivity contribution >= 4 is 5.82 Å². The molecule has 0 aliphatic rings. The number of para-hydroxylation sites is 1. The van der Waals surface area contributed by atoms with E-state index in [1.165, 1.54) is 6.07 Å². The number of aromatic nitrogens is 2. The lowest BCUT2D eigenvalue weighted by molar-refractivity contribution is 0.128. The van der Waals surface area contributed by atoms with Crippen molar-refractivity contribution in [2.45, 2.75) is 20.1 Å². The van der Waals surface area contributed by atoms with E-state index in [1.54, 1.807) is 12.1 Å². The monoisotopic (exact) mass is 275 g/mol. The average molecular weight is 275 g/mol. The highest BCUT2D eigenvalue weighted by Gasteiger charge is 2.08. The highest BCUT2D eigenvalue weighted by atomic mass is 16.5. The smallest absolute Gasteiger partial charge is 0.224 e. The number of nitrogens with zero attached hydrogens (tertiary/aromatic N) is 2. The predicted molar refractivity (Wildman–Crippen MR) is 74.2 cm³/mol. The SMILES string of the molecule is CCOCc1nc(N)cc(Oc2ccccc2CO)n1. The minimum atomic E-state index is -0.109. The van der Waals surface area contributed by atoms with E-state index in [0.717, 1.165) is 0 Å². The summed E-state index contributed by atoms with van der Waals surface area (Å²) in [6.07, 6.45) is 0. The van der Waals surface area contributed by atoms with Gasteiger partial charge in [-0.1, -0.05) is 18.2 Å². The van der Waals surface area contributed by atoms with E-state index in [9.17, 15) is 5.11 Å². The Kier molecular flexibility index (Phi) is 4.86. The van der Waals surface area contributed by atoms with Gasteiger partial charge in [0, 0.05) is 18.2 Å². The molecule has 0 amide bonds. The normalized spacial score (nSPS) is 10.5. The highest BCUT2D eigenvalue weighted by Crippen LogP contribution is 2.24. The summed E-state index contributed by atoms with van der Waals surface area (Å²) < 4.78 is 10.9. The van der Waals surface area contributed by atoms with Gasteiger partial charge in [-0.3, -0.25) is 0 Å². The standard InChI is InChI=1S/C14H17N3O3/c1-2-19-9-13-16-12(15)7-14(17-13)20-11-6-4-3-5-10(11)8-18/h3-7,18H,2,8-9H2,1H3,(H2,15,16,17). The molecule has 0 saturated carbocycles. The topological polar surface area (TPSA) is 90.5 Å². The fourth-order valence-corrected chi connectivity index (χ4v) is 1.65. The molecule has 0 atom stereocenters. The Labute approximate surface area is 117 Å². The maximum Gasteiger partial charge on any atom is 0.224 e. The summed E-state index contributed by atoms with van der Waals surface area (Å²) in [5, 5.41) is 9.26. The summed E-state index contributed by atoms with van der Waals surface area (Å²) in [5.41, 5.74) is 6.40. The van der Waals surface area contributed by atoms with Crippen molar-refractivity contribution in [1.29, 1.82) is 0 Å². The van der Waals surface area contributed by atoms with Gasteiger partial charge in [-0.05, 0) is 13.0 Å². The minimum absolute atomic E-state index is 0.109. The van der Waals surface area contributed by atoms with E-state index in [0.29, 0.717) is 35.4 Å². The van der Waals surface area contributed by atoms with Crippen LogP contribution in [0.1, 0.15) is 18.3 Å². The number of ether oxygens (including phenoxy) is 2. The Morgan fingerprint density at radius 1 is 1.25 bits per heavy atom. The number of aliphatic hydroxyl groups excluding tert-OH is 1. The summed E-state index contributed by atoms with van der Waals surface area (Å²) in [6, 6.07) is 8.71. The zero-order chi connectivity index (χ0) is 14.4. The molecule has 106 valence electrons. The zero-order valence-corrected chi connectivity index (χ0v) is 11.2. The van der Waals surface area contributed by atoms with Crippen molar-refractivity contribution in [3.05, 3.63) is 41.7 Å². The number of nitrogens with two attached hydrogens (primary N) is 1. The van der Waals surface area contributed by atoms with Crippen LogP contribution in [-0.2, 0) is 18.0 Å². The van der Waals surface area contributed by atoms with Crippen LogP contribution < -0.4 is 10.5 Å². The maximum absolute atomic E-state index is 9.26. The van der Waals surface area contributed by atoms with Crippen molar-refractivity contribution in [1.82, 2.24) is 9.97 Å². The van der Waals surface area contributed by atoms with E-state index in [1.807, 2.05) is 19.1 Å². The molecular weight excluding hydrogens is 258 g/mol. The molecule has 0 aliphatic carbocycles. The van der Waals surface area contributed by atoms with Crippen molar-refractivity contribution in [3.8, 4) is 11.6 Å². The molecule has 2 rings (SSSR count). The molecule has 0 bridgehead atoms. The van der Waals surface area contributed by atoms with E-state index < -0.39 is 0 Å². The highest BCUT2D eigenvalue weighted by molar-refractivity contribution is 5.39. The number of nitrogen functional groups attached to an aromatic ring is 1. The second kappa shape index (κ2) is 6.83. The van der Waals surface area contributed by atoms with Crippen LogP contribution in [0.5, 0.6) is 11.6 Å². The lowest BCUT2D eigenvalue weighted by Crippen LogP contribution is -2.04. The van der Waals surface area contributed by atoms with Crippen LogP contribution in [0.25, 0.3) is 0 Å². The van der Waals surface area contributed by atoms with Gasteiger partial charge >= 0.3 is 0 Å². The third kappa shape index (κ3) is 3.66. The molecular formula is C14H17N3O3. The molecule has 3 N–H and O–H groups in total. The van der Waals surface area contributed by atoms with Crippen molar-refractivity contribution in [2.75, 3.05) is 12.3 Å². The van der Waals surface area contributed by atoms with Crippen LogP contribution in [0.4, 0.5) is 5.82 Å². The Morgan fingerprint density at radius 2 is 2.05 bits per heavy atom. The van der Waals surface area contributed by atoms with Crippen LogP contribution in [0.3, 0.4) is 0 Å². The van der Waals surface area contributed by atoms with Crippen LogP contribution in [-0.4, -0.2) is 21.7 Å². The van der Waals surface area contributed by atoms with Crippen molar-refractivity contribution < 1.29 is 14.6 Å². The van der Waals surface area contributed by atoms with Crippen LogP contribution in [0, 0.1) is 0 Å². The molecule has 6 nitrogen and oxygen atoms in total. The van der Waals surface area contributed by atoms with Gasteiger partial charge in [0.1, 0.15) is 18.2 Å². The van der Waals surface area contributed by atoms with Gasteiger partial charge in [0.05, 0.1) is 6.61 Å². The zero-order valence-electron chi connectivity index (χ0n) is 11.2. The van der Waals surface area contributed by atoms with E-state index in [4.69, 9.17) is 15.2 Å². The molecule has 0 fully saturated rings. The number of hydrogen-bond acceptors (Lipinski definition) is 6. The number of anilines is 1. The van der Waals surface area contributed by atoms with Crippen LogP contribution in [0.2, 0.25) is 0 Å². The van der Waals surface area contributed by atoms with Crippen molar-refractivity contribution in [3.63, 3.8) is 0 Å². The fourth-order valence-electron chi connectivity index (χ4n) is 1.65. The van der Waals surface area contributed by atoms with Crippen LogP contribution in [0.15, 0.2) is 30.3 Å². The molecule has 0 unspecified atom stereocenters. The molecule has 0 spiro atoms. The molecule has 0 radical (unpaired) electrons. The fraction of sp³-hybridized carbons (Fsp3) is 0.286. The Hall–Kier alpha value is -2.18. The number of benzene rings is 1. The second-order valence-corrected chi connectivity index (χ2v) is 4.05. The Morgan fingerprint density at radius 3 is 2.80 bits per heavy atom. The third-order valence-electron chi connectivity index (χ3n) is 2.56. The van der Waals surface area contributed by atoms with Gasteiger partial charge in [0.2, 0.25) is 5.88 Å². The van der Waals surface area contributed by atoms with Gasteiger partial charge in [0.25, 0.3) is 0 Å². The van der Waals surface area contributed by atoms with Gasteiger partial charge in [-0.25, -0.2) is 4.98 Å². The first-order valence-electron chi connectivity index (χ1n) is 6.30. The molecule has 1 heterocycles. The molecule has 1 aromatic heterocycles. The maximum atomic E-state index is 9.26.